The number of nitrogens with one attached hydrogen (secondary N) is 2. The highest BCUT2D eigenvalue weighted by atomic mass is 16.5. The highest BCUT2D eigenvalue weighted by Gasteiger charge is 2.23. The molecule has 2 N–H and O–H groups in total. The Morgan fingerprint density at radius 1 is 0.964 bits per heavy atom. The monoisotopic (exact) mass is 396 g/mol. The number of esters is 1. The zero-order valence-electron chi connectivity index (χ0n) is 17.1. The Labute approximate surface area is 164 Å². The lowest BCUT2D eigenvalue weighted by atomic mass is 10.0. The molecule has 0 bridgehead atoms. The van der Waals surface area contributed by atoms with Gasteiger partial charge in [0, 0.05) is 5.56 Å². The van der Waals surface area contributed by atoms with Crippen molar-refractivity contribution in [2.45, 2.75) is 26.3 Å². The number of rotatable bonds is 10. The third-order valence-corrected chi connectivity index (χ3v) is 3.86. The molecular weight excluding hydrogens is 368 g/mol. The fourth-order valence-corrected chi connectivity index (χ4v) is 2.55. The Hall–Kier alpha value is -2.97. The summed E-state index contributed by atoms with van der Waals surface area (Å²) in [7, 11) is 5.59. The zero-order chi connectivity index (χ0) is 21.3. The van der Waals surface area contributed by atoms with Crippen molar-refractivity contribution >= 4 is 17.8 Å². The molecular formula is C19H28N2O7. The SMILES string of the molecule is COC(=O)[C@H](CC(C)C)NC(=O)CNC(=O)c1cc(OC)c(OC)c(OC)c1. The molecule has 2 amide bonds. The van der Waals surface area contributed by atoms with Gasteiger partial charge in [-0.05, 0) is 24.5 Å². The van der Waals surface area contributed by atoms with Gasteiger partial charge in [-0.15, -0.1) is 0 Å². The smallest absolute Gasteiger partial charge is 0.328 e. The van der Waals surface area contributed by atoms with Crippen molar-refractivity contribution in [1.82, 2.24) is 10.6 Å². The second kappa shape index (κ2) is 11.0. The van der Waals surface area contributed by atoms with Crippen molar-refractivity contribution in [1.29, 1.82) is 0 Å². The largest absolute Gasteiger partial charge is 0.493 e. The Bertz CT molecular complexity index is 679. The molecule has 0 unspecified atom stereocenters. The first-order chi connectivity index (χ1) is 13.3. The van der Waals surface area contributed by atoms with Crippen LogP contribution in [-0.2, 0) is 14.3 Å². The van der Waals surface area contributed by atoms with E-state index in [4.69, 9.17) is 18.9 Å². The number of hydrogen-bond acceptors (Lipinski definition) is 7. The molecule has 0 aliphatic carbocycles. The first-order valence-electron chi connectivity index (χ1n) is 8.72. The van der Waals surface area contributed by atoms with E-state index in [2.05, 4.69) is 10.6 Å². The van der Waals surface area contributed by atoms with E-state index in [9.17, 15) is 14.4 Å². The van der Waals surface area contributed by atoms with Crippen LogP contribution in [0.4, 0.5) is 0 Å². The molecule has 0 spiro atoms. The standard InChI is InChI=1S/C19H28N2O7/c1-11(2)7-13(19(24)28-6)21-16(22)10-20-18(23)12-8-14(25-3)17(27-5)15(9-12)26-4/h8-9,11,13H,7,10H2,1-6H3,(H,20,23)(H,21,22)/t13-/m0/s1. The molecule has 1 aromatic rings. The Morgan fingerprint density at radius 3 is 1.96 bits per heavy atom. The molecule has 9 nitrogen and oxygen atoms in total. The van der Waals surface area contributed by atoms with Gasteiger partial charge in [0.1, 0.15) is 6.04 Å². The van der Waals surface area contributed by atoms with Crippen LogP contribution in [-0.4, -0.2) is 58.8 Å². The molecule has 1 aromatic carbocycles. The molecule has 0 heterocycles. The number of amides is 2. The zero-order valence-corrected chi connectivity index (χ0v) is 17.1. The van der Waals surface area contributed by atoms with E-state index in [0.29, 0.717) is 23.7 Å². The van der Waals surface area contributed by atoms with Gasteiger partial charge < -0.3 is 29.6 Å². The summed E-state index contributed by atoms with van der Waals surface area (Å²) in [5.41, 5.74) is 0.231. The maximum atomic E-state index is 12.4. The van der Waals surface area contributed by atoms with Crippen LogP contribution in [0.2, 0.25) is 0 Å². The number of ether oxygens (including phenoxy) is 4. The predicted octanol–water partition coefficient (Wildman–Crippen LogP) is 1.15. The highest BCUT2D eigenvalue weighted by molar-refractivity contribution is 5.98. The molecule has 0 aliphatic rings. The molecule has 0 aromatic heterocycles. The lowest BCUT2D eigenvalue weighted by molar-refractivity contribution is -0.145. The number of hydrogen-bond donors (Lipinski definition) is 2. The minimum atomic E-state index is -0.768. The van der Waals surface area contributed by atoms with Gasteiger partial charge in [-0.1, -0.05) is 13.8 Å². The Balaban J connectivity index is 2.80. The summed E-state index contributed by atoms with van der Waals surface area (Å²) in [6.07, 6.45) is 0.430. The second-order valence-corrected chi connectivity index (χ2v) is 6.37. The molecule has 1 rings (SSSR count). The lowest BCUT2D eigenvalue weighted by Gasteiger charge is -2.18. The molecule has 0 aliphatic heterocycles. The van der Waals surface area contributed by atoms with Gasteiger partial charge in [0.15, 0.2) is 11.5 Å². The van der Waals surface area contributed by atoms with E-state index in [1.807, 2.05) is 13.8 Å². The van der Waals surface area contributed by atoms with Crippen molar-refractivity contribution in [3.63, 3.8) is 0 Å². The summed E-state index contributed by atoms with van der Waals surface area (Å²) in [4.78, 5) is 36.3. The van der Waals surface area contributed by atoms with Crippen molar-refractivity contribution in [3.8, 4) is 17.2 Å². The van der Waals surface area contributed by atoms with Crippen LogP contribution < -0.4 is 24.8 Å². The molecule has 0 radical (unpaired) electrons. The van der Waals surface area contributed by atoms with Crippen LogP contribution in [0.3, 0.4) is 0 Å². The molecule has 9 heteroatoms. The maximum Gasteiger partial charge on any atom is 0.328 e. The number of methoxy groups -OCH3 is 4. The normalized spacial score (nSPS) is 11.4. The van der Waals surface area contributed by atoms with Crippen LogP contribution in [0.5, 0.6) is 17.2 Å². The summed E-state index contributed by atoms with van der Waals surface area (Å²) >= 11 is 0. The van der Waals surface area contributed by atoms with Gasteiger partial charge in [0.25, 0.3) is 5.91 Å². The van der Waals surface area contributed by atoms with Crippen LogP contribution in [0.25, 0.3) is 0 Å². The minimum absolute atomic E-state index is 0.179. The first-order valence-corrected chi connectivity index (χ1v) is 8.72. The van der Waals surface area contributed by atoms with Crippen molar-refractivity contribution in [3.05, 3.63) is 17.7 Å². The second-order valence-electron chi connectivity index (χ2n) is 6.37. The van der Waals surface area contributed by atoms with Crippen LogP contribution in [0, 0.1) is 5.92 Å². The van der Waals surface area contributed by atoms with E-state index in [0.717, 1.165) is 0 Å². The third-order valence-electron chi connectivity index (χ3n) is 3.86. The van der Waals surface area contributed by atoms with E-state index in [1.165, 1.54) is 40.6 Å². The van der Waals surface area contributed by atoms with Crippen molar-refractivity contribution in [2.75, 3.05) is 35.0 Å². The average Bonchev–Trinajstić information content (AvgIpc) is 2.69. The summed E-state index contributed by atoms with van der Waals surface area (Å²) in [6.45, 7) is 3.55. The summed E-state index contributed by atoms with van der Waals surface area (Å²) in [5, 5.41) is 5.07. The first kappa shape index (κ1) is 23.1. The van der Waals surface area contributed by atoms with E-state index < -0.39 is 23.8 Å². The number of carbonyl (C=O) groups excluding carboxylic acids is 3. The third kappa shape index (κ3) is 6.33. The van der Waals surface area contributed by atoms with E-state index in [-0.39, 0.29) is 18.0 Å². The molecule has 0 saturated carbocycles. The summed E-state index contributed by atoms with van der Waals surface area (Å²) in [6, 6.07) is 2.19. The van der Waals surface area contributed by atoms with Crippen molar-refractivity contribution in [2.24, 2.45) is 5.92 Å². The van der Waals surface area contributed by atoms with Crippen molar-refractivity contribution < 1.29 is 33.3 Å². The maximum absolute atomic E-state index is 12.4. The fourth-order valence-electron chi connectivity index (χ4n) is 2.55. The van der Waals surface area contributed by atoms with Gasteiger partial charge in [0.2, 0.25) is 11.7 Å². The van der Waals surface area contributed by atoms with Gasteiger partial charge in [-0.3, -0.25) is 9.59 Å². The van der Waals surface area contributed by atoms with Gasteiger partial charge >= 0.3 is 5.97 Å². The number of benzene rings is 1. The van der Waals surface area contributed by atoms with Gasteiger partial charge in [-0.2, -0.15) is 0 Å². The lowest BCUT2D eigenvalue weighted by Crippen LogP contribution is -2.46. The minimum Gasteiger partial charge on any atom is -0.493 e. The van der Waals surface area contributed by atoms with Gasteiger partial charge in [0.05, 0.1) is 35.0 Å². The molecule has 156 valence electrons. The van der Waals surface area contributed by atoms with Gasteiger partial charge in [-0.25, -0.2) is 4.79 Å². The van der Waals surface area contributed by atoms with E-state index in [1.54, 1.807) is 0 Å². The van der Waals surface area contributed by atoms with Crippen LogP contribution in [0.15, 0.2) is 12.1 Å². The molecule has 0 saturated heterocycles. The Morgan fingerprint density at radius 2 is 1.54 bits per heavy atom. The fraction of sp³-hybridized carbons (Fsp3) is 0.526. The number of carbonyl (C=O) groups is 3. The molecule has 0 fully saturated rings. The molecule has 1 atom stereocenters. The topological polar surface area (TPSA) is 112 Å². The average molecular weight is 396 g/mol. The highest BCUT2D eigenvalue weighted by Crippen LogP contribution is 2.38. The summed E-state index contributed by atoms with van der Waals surface area (Å²) < 4.78 is 20.3. The van der Waals surface area contributed by atoms with E-state index >= 15 is 0 Å². The Kier molecular flexibility index (Phi) is 9.07. The van der Waals surface area contributed by atoms with Crippen LogP contribution in [0.1, 0.15) is 30.6 Å². The summed E-state index contributed by atoms with van der Waals surface area (Å²) in [5.74, 6) is -0.367. The van der Waals surface area contributed by atoms with Crippen LogP contribution >= 0.6 is 0 Å². The molecule has 28 heavy (non-hydrogen) atoms. The quantitative estimate of drug-likeness (QED) is 0.571. The predicted molar refractivity (Wildman–Crippen MR) is 102 cm³/mol.